The van der Waals surface area contributed by atoms with Gasteiger partial charge in [0.2, 0.25) is 5.82 Å². The maximum atomic E-state index is 13.4. The van der Waals surface area contributed by atoms with E-state index in [1.54, 1.807) is 10.9 Å². The van der Waals surface area contributed by atoms with E-state index in [9.17, 15) is 4.39 Å². The topological polar surface area (TPSA) is 51.8 Å². The van der Waals surface area contributed by atoms with Crippen LogP contribution in [0.4, 0.5) is 4.39 Å². The second-order valence-corrected chi connectivity index (χ2v) is 3.99. The molecule has 0 aliphatic rings. The zero-order chi connectivity index (χ0) is 10.2. The van der Waals surface area contributed by atoms with E-state index >= 15 is 0 Å². The summed E-state index contributed by atoms with van der Waals surface area (Å²) in [5, 5.41) is 5.42. The lowest BCUT2D eigenvalue weighted by Gasteiger charge is -2.05. The van der Waals surface area contributed by atoms with Crippen molar-refractivity contribution in [2.24, 2.45) is 0 Å². The van der Waals surface area contributed by atoms with E-state index in [2.05, 4.69) is 15.1 Å². The summed E-state index contributed by atoms with van der Waals surface area (Å²) in [6, 6.07) is 0. The van der Waals surface area contributed by atoms with Crippen molar-refractivity contribution >= 4 is 11.3 Å². The summed E-state index contributed by atoms with van der Waals surface area (Å²) in [6.45, 7) is 2.73. The minimum Gasteiger partial charge on any atom is -0.335 e. The highest BCUT2D eigenvalue weighted by Crippen LogP contribution is 2.25. The van der Waals surface area contributed by atoms with Gasteiger partial charge in [-0.15, -0.1) is 11.3 Å². The summed E-state index contributed by atoms with van der Waals surface area (Å²) in [5.41, 5.74) is 0.655. The van der Waals surface area contributed by atoms with E-state index in [-0.39, 0.29) is 5.89 Å². The summed E-state index contributed by atoms with van der Waals surface area (Å²) < 4.78 is 18.1. The Morgan fingerprint density at radius 3 is 2.79 bits per heavy atom. The summed E-state index contributed by atoms with van der Waals surface area (Å²) in [7, 11) is 0. The molecular weight excluding hydrogens is 205 g/mol. The summed E-state index contributed by atoms with van der Waals surface area (Å²) in [4.78, 5) is 7.91. The molecule has 2 heterocycles. The van der Waals surface area contributed by atoms with Crippen LogP contribution in [0.3, 0.4) is 0 Å². The van der Waals surface area contributed by atoms with Gasteiger partial charge in [0.1, 0.15) is 5.69 Å². The number of thiazole rings is 1. The Bertz CT molecular complexity index is 418. The molecule has 6 heteroatoms. The molecule has 0 saturated heterocycles. The van der Waals surface area contributed by atoms with Crippen molar-refractivity contribution in [3.63, 3.8) is 0 Å². The smallest absolute Gasteiger partial charge is 0.264 e. The number of aromatic nitrogens is 3. The highest BCUT2D eigenvalue weighted by Gasteiger charge is 2.27. The van der Waals surface area contributed by atoms with Gasteiger partial charge in [0.15, 0.2) is 5.67 Å². The van der Waals surface area contributed by atoms with Crippen LogP contribution in [-0.2, 0) is 5.67 Å². The van der Waals surface area contributed by atoms with Gasteiger partial charge in [0.25, 0.3) is 5.89 Å². The first-order valence-corrected chi connectivity index (χ1v) is 4.93. The average Bonchev–Trinajstić information content (AvgIpc) is 2.73. The third-order valence-corrected chi connectivity index (χ3v) is 2.18. The Morgan fingerprint density at radius 2 is 2.29 bits per heavy atom. The van der Waals surface area contributed by atoms with Gasteiger partial charge in [-0.05, 0) is 13.8 Å². The summed E-state index contributed by atoms with van der Waals surface area (Å²) in [5.74, 6) is 0.299. The molecule has 0 amide bonds. The van der Waals surface area contributed by atoms with Gasteiger partial charge in [-0.1, -0.05) is 5.16 Å². The monoisotopic (exact) mass is 213 g/mol. The van der Waals surface area contributed by atoms with Crippen LogP contribution in [0.1, 0.15) is 19.7 Å². The molecule has 0 atom stereocenters. The standard InChI is InChI=1S/C8H8FN3OS/c1-8(2,9)7-11-6(12-13-7)5-3-14-4-10-5/h3-4H,1-2H3. The minimum atomic E-state index is -1.61. The normalized spacial score (nSPS) is 11.9. The van der Waals surface area contributed by atoms with Gasteiger partial charge in [-0.25, -0.2) is 9.37 Å². The molecular formula is C8H8FN3OS. The Hall–Kier alpha value is -1.30. The number of hydrogen-bond acceptors (Lipinski definition) is 5. The largest absolute Gasteiger partial charge is 0.335 e. The van der Waals surface area contributed by atoms with Crippen molar-refractivity contribution in [2.75, 3.05) is 0 Å². The second-order valence-electron chi connectivity index (χ2n) is 3.27. The van der Waals surface area contributed by atoms with Gasteiger partial charge in [0.05, 0.1) is 5.51 Å². The van der Waals surface area contributed by atoms with Crippen LogP contribution < -0.4 is 0 Å². The number of hydrogen-bond donors (Lipinski definition) is 0. The number of nitrogens with zero attached hydrogens (tertiary/aromatic N) is 3. The Kier molecular flexibility index (Phi) is 2.07. The first kappa shape index (κ1) is 9.26. The molecule has 0 aliphatic carbocycles. The maximum absolute atomic E-state index is 13.4. The van der Waals surface area contributed by atoms with Crippen LogP contribution >= 0.6 is 11.3 Å². The van der Waals surface area contributed by atoms with Gasteiger partial charge in [-0.2, -0.15) is 4.98 Å². The first-order chi connectivity index (χ1) is 6.57. The van der Waals surface area contributed by atoms with E-state index in [0.29, 0.717) is 11.5 Å². The zero-order valence-electron chi connectivity index (χ0n) is 7.69. The molecule has 0 radical (unpaired) electrons. The molecule has 0 bridgehead atoms. The van der Waals surface area contributed by atoms with Gasteiger partial charge in [-0.3, -0.25) is 0 Å². The second kappa shape index (κ2) is 3.13. The van der Waals surface area contributed by atoms with E-state index in [1.165, 1.54) is 25.2 Å². The molecule has 0 aliphatic heterocycles. The van der Waals surface area contributed by atoms with Crippen LogP contribution in [0.5, 0.6) is 0 Å². The van der Waals surface area contributed by atoms with Crippen molar-refractivity contribution < 1.29 is 8.91 Å². The summed E-state index contributed by atoms with van der Waals surface area (Å²) in [6.07, 6.45) is 0. The van der Waals surface area contributed by atoms with Crippen LogP contribution in [-0.4, -0.2) is 15.1 Å². The first-order valence-electron chi connectivity index (χ1n) is 3.99. The third kappa shape index (κ3) is 1.65. The van der Waals surface area contributed by atoms with Crippen molar-refractivity contribution in [1.82, 2.24) is 15.1 Å². The fourth-order valence-electron chi connectivity index (χ4n) is 0.892. The summed E-state index contributed by atoms with van der Waals surface area (Å²) >= 11 is 1.42. The van der Waals surface area contributed by atoms with Gasteiger partial charge >= 0.3 is 0 Å². The lowest BCUT2D eigenvalue weighted by Crippen LogP contribution is -2.09. The molecule has 2 aromatic heterocycles. The van der Waals surface area contributed by atoms with Crippen molar-refractivity contribution in [2.45, 2.75) is 19.5 Å². The number of rotatable bonds is 2. The zero-order valence-corrected chi connectivity index (χ0v) is 8.51. The Balaban J connectivity index is 2.36. The molecule has 0 spiro atoms. The highest BCUT2D eigenvalue weighted by atomic mass is 32.1. The Labute approximate surface area is 83.8 Å². The fourth-order valence-corrected chi connectivity index (χ4v) is 1.42. The third-order valence-electron chi connectivity index (χ3n) is 1.60. The quantitative estimate of drug-likeness (QED) is 0.768. The predicted octanol–water partition coefficient (Wildman–Crippen LogP) is 2.40. The minimum absolute atomic E-state index is 0.0273. The molecule has 0 fully saturated rings. The van der Waals surface area contributed by atoms with Crippen LogP contribution in [0, 0.1) is 0 Å². The lowest BCUT2D eigenvalue weighted by atomic mass is 10.2. The number of halogens is 1. The Morgan fingerprint density at radius 1 is 1.50 bits per heavy atom. The number of alkyl halides is 1. The molecule has 0 aromatic carbocycles. The van der Waals surface area contributed by atoms with Crippen molar-refractivity contribution in [3.05, 3.63) is 16.8 Å². The molecule has 2 rings (SSSR count). The predicted molar refractivity (Wildman–Crippen MR) is 49.5 cm³/mol. The molecule has 0 saturated carbocycles. The molecule has 0 N–H and O–H groups in total. The van der Waals surface area contributed by atoms with Crippen molar-refractivity contribution in [3.8, 4) is 11.5 Å². The van der Waals surface area contributed by atoms with Crippen LogP contribution in [0.2, 0.25) is 0 Å². The van der Waals surface area contributed by atoms with Crippen molar-refractivity contribution in [1.29, 1.82) is 0 Å². The molecule has 74 valence electrons. The van der Waals surface area contributed by atoms with E-state index in [4.69, 9.17) is 4.52 Å². The molecule has 2 aromatic rings. The van der Waals surface area contributed by atoms with E-state index in [1.807, 2.05) is 0 Å². The lowest BCUT2D eigenvalue weighted by molar-refractivity contribution is 0.155. The molecule has 0 unspecified atom stereocenters. The molecule has 4 nitrogen and oxygen atoms in total. The van der Waals surface area contributed by atoms with Crippen LogP contribution in [0.25, 0.3) is 11.5 Å². The van der Waals surface area contributed by atoms with Crippen LogP contribution in [0.15, 0.2) is 15.4 Å². The van der Waals surface area contributed by atoms with E-state index in [0.717, 1.165) is 0 Å². The van der Waals surface area contributed by atoms with Gasteiger partial charge in [0, 0.05) is 5.38 Å². The molecule has 14 heavy (non-hydrogen) atoms. The highest BCUT2D eigenvalue weighted by molar-refractivity contribution is 7.07. The van der Waals surface area contributed by atoms with Gasteiger partial charge < -0.3 is 4.52 Å². The fraction of sp³-hybridized carbons (Fsp3) is 0.375. The SMILES string of the molecule is CC(C)(F)c1nc(-c2cscn2)no1. The maximum Gasteiger partial charge on any atom is 0.264 e. The average molecular weight is 213 g/mol. The van der Waals surface area contributed by atoms with E-state index < -0.39 is 5.67 Å².